The van der Waals surface area contributed by atoms with Gasteiger partial charge in [0.1, 0.15) is 11.6 Å². The van der Waals surface area contributed by atoms with Gasteiger partial charge in [-0.25, -0.2) is 18.2 Å². The number of carbonyl (C=O) groups excluding carboxylic acids is 1. The molecule has 1 aliphatic heterocycles. The van der Waals surface area contributed by atoms with Crippen LogP contribution in [-0.2, 0) is 11.3 Å². The van der Waals surface area contributed by atoms with E-state index in [1.807, 2.05) is 0 Å². The van der Waals surface area contributed by atoms with Gasteiger partial charge in [-0.05, 0) is 30.5 Å². The molecule has 3 heterocycles. The molecule has 0 bridgehead atoms. The number of halogens is 3. The summed E-state index contributed by atoms with van der Waals surface area (Å²) in [6, 6.07) is 2.59. The smallest absolute Gasteiger partial charge is 0.268 e. The topological polar surface area (TPSA) is 63.4 Å². The zero-order valence-electron chi connectivity index (χ0n) is 15.9. The number of aryl methyl sites for hydroxylation is 1. The highest BCUT2D eigenvalue weighted by molar-refractivity contribution is 5.94. The van der Waals surface area contributed by atoms with Crippen LogP contribution in [0.5, 0.6) is 0 Å². The van der Waals surface area contributed by atoms with Crippen molar-refractivity contribution < 1.29 is 18.0 Å². The summed E-state index contributed by atoms with van der Waals surface area (Å²) >= 11 is 0. The van der Waals surface area contributed by atoms with Crippen LogP contribution in [0, 0.1) is 17.5 Å². The molecule has 9 heteroatoms. The predicted molar refractivity (Wildman–Crippen MR) is 105 cm³/mol. The van der Waals surface area contributed by atoms with Crippen LogP contribution in [0.15, 0.2) is 54.0 Å². The largest absolute Gasteiger partial charge is 0.269 e. The summed E-state index contributed by atoms with van der Waals surface area (Å²) in [4.78, 5) is 16.6. The number of carbonyl (C=O) groups is 1. The molecule has 1 amide bonds. The van der Waals surface area contributed by atoms with Crippen molar-refractivity contribution in [2.75, 3.05) is 0 Å². The lowest BCUT2D eigenvalue weighted by Gasteiger charge is -2.23. The molecule has 0 N–H and O–H groups in total. The monoisotopic (exact) mass is 413 g/mol. The zero-order chi connectivity index (χ0) is 21.3. The normalized spacial score (nSPS) is 15.8. The van der Waals surface area contributed by atoms with E-state index in [2.05, 4.69) is 21.8 Å². The van der Waals surface area contributed by atoms with Crippen molar-refractivity contribution in [2.45, 2.75) is 31.8 Å². The first-order chi connectivity index (χ1) is 14.4. The number of pyridine rings is 1. The number of rotatable bonds is 6. The Hall–Kier alpha value is -3.49. The summed E-state index contributed by atoms with van der Waals surface area (Å²) in [5, 5.41) is 9.82. The fourth-order valence-electron chi connectivity index (χ4n) is 3.50. The van der Waals surface area contributed by atoms with Crippen LogP contribution in [0.1, 0.15) is 30.9 Å². The molecule has 1 aliphatic rings. The van der Waals surface area contributed by atoms with Gasteiger partial charge in [0.05, 0.1) is 35.5 Å². The molecule has 2 aromatic heterocycles. The molecule has 0 spiro atoms. The van der Waals surface area contributed by atoms with Crippen LogP contribution < -0.4 is 0 Å². The summed E-state index contributed by atoms with van der Waals surface area (Å²) in [5.41, 5.74) is 1.23. The Balaban J connectivity index is 1.40. The molecule has 154 valence electrons. The third-order valence-electron chi connectivity index (χ3n) is 4.98. The lowest BCUT2D eigenvalue weighted by atomic mass is 10.0. The molecule has 1 atom stereocenters. The lowest BCUT2D eigenvalue weighted by molar-refractivity contribution is -0.129. The van der Waals surface area contributed by atoms with E-state index >= 15 is 0 Å². The van der Waals surface area contributed by atoms with Crippen molar-refractivity contribution >= 4 is 23.0 Å². The van der Waals surface area contributed by atoms with E-state index in [0.717, 1.165) is 12.3 Å². The van der Waals surface area contributed by atoms with Crippen LogP contribution in [0.4, 0.5) is 13.2 Å². The minimum atomic E-state index is -0.708. The van der Waals surface area contributed by atoms with Gasteiger partial charge in [0.15, 0.2) is 5.82 Å². The second kappa shape index (κ2) is 8.10. The van der Waals surface area contributed by atoms with Crippen LogP contribution in [0.25, 0.3) is 10.9 Å². The first kappa shape index (κ1) is 19.8. The quantitative estimate of drug-likeness (QED) is 0.571. The number of hydrazone groups is 1. The fraction of sp³-hybridized carbons (Fsp3) is 0.238. The Morgan fingerprint density at radius 2 is 1.90 bits per heavy atom. The van der Waals surface area contributed by atoms with E-state index in [0.29, 0.717) is 47.8 Å². The second-order valence-electron chi connectivity index (χ2n) is 7.03. The van der Waals surface area contributed by atoms with Crippen molar-refractivity contribution in [1.29, 1.82) is 0 Å². The van der Waals surface area contributed by atoms with Crippen molar-refractivity contribution in [3.8, 4) is 0 Å². The van der Waals surface area contributed by atoms with E-state index in [1.54, 1.807) is 4.68 Å². The van der Waals surface area contributed by atoms with Gasteiger partial charge in [-0.2, -0.15) is 10.2 Å². The summed E-state index contributed by atoms with van der Waals surface area (Å²) in [5.74, 6) is -2.26. The molecule has 3 aromatic rings. The highest BCUT2D eigenvalue weighted by Crippen LogP contribution is 2.31. The van der Waals surface area contributed by atoms with Gasteiger partial charge in [0.2, 0.25) is 0 Å². The Morgan fingerprint density at radius 3 is 2.67 bits per heavy atom. The molecule has 0 saturated carbocycles. The minimum absolute atomic E-state index is 0.316. The summed E-state index contributed by atoms with van der Waals surface area (Å²) in [7, 11) is 0. The summed E-state index contributed by atoms with van der Waals surface area (Å²) < 4.78 is 42.5. The van der Waals surface area contributed by atoms with E-state index in [9.17, 15) is 18.0 Å². The Labute approximate surface area is 170 Å². The van der Waals surface area contributed by atoms with Crippen LogP contribution in [0.3, 0.4) is 0 Å². The maximum absolute atomic E-state index is 13.7. The Morgan fingerprint density at radius 1 is 1.13 bits per heavy atom. The molecule has 0 radical (unpaired) electrons. The predicted octanol–water partition coefficient (Wildman–Crippen LogP) is 4.14. The molecule has 0 fully saturated rings. The van der Waals surface area contributed by atoms with Crippen LogP contribution in [0.2, 0.25) is 0 Å². The minimum Gasteiger partial charge on any atom is -0.268 e. The number of aromatic nitrogens is 3. The lowest BCUT2D eigenvalue weighted by Crippen LogP contribution is -2.28. The third-order valence-corrected chi connectivity index (χ3v) is 4.98. The maximum Gasteiger partial charge on any atom is 0.269 e. The number of nitrogens with zero attached hydrogens (tertiary/aromatic N) is 5. The average molecular weight is 413 g/mol. The number of benzene rings is 1. The number of amides is 1. The summed E-state index contributed by atoms with van der Waals surface area (Å²) in [6.45, 7) is 4.29. The van der Waals surface area contributed by atoms with E-state index in [1.165, 1.54) is 35.7 Å². The molecule has 1 aromatic carbocycles. The van der Waals surface area contributed by atoms with Gasteiger partial charge in [-0.3, -0.25) is 14.5 Å². The van der Waals surface area contributed by atoms with Crippen molar-refractivity contribution in [2.24, 2.45) is 5.10 Å². The zero-order valence-corrected chi connectivity index (χ0v) is 15.9. The number of hydrogen-bond donors (Lipinski definition) is 0. The van der Waals surface area contributed by atoms with E-state index in [4.69, 9.17) is 0 Å². The van der Waals surface area contributed by atoms with Gasteiger partial charge in [-0.15, -0.1) is 0 Å². The standard InChI is InChI=1S/C21H18F3N5O/c1-13(3-2-6-28-20-12-25-11-18(24)17(20)10-27-28)21(30)29-19(4-5-26-29)14-7-15(22)9-16(23)8-14/h5,7-12,19H,1-4,6H2. The second-order valence-corrected chi connectivity index (χ2v) is 7.03. The molecule has 0 saturated heterocycles. The van der Waals surface area contributed by atoms with E-state index < -0.39 is 29.4 Å². The molecule has 0 aliphatic carbocycles. The average Bonchev–Trinajstić information content (AvgIpc) is 3.35. The first-order valence-corrected chi connectivity index (χ1v) is 9.39. The number of hydrogen-bond acceptors (Lipinski definition) is 4. The summed E-state index contributed by atoms with van der Waals surface area (Å²) in [6.07, 6.45) is 6.90. The van der Waals surface area contributed by atoms with Crippen molar-refractivity contribution in [3.05, 3.63) is 72.0 Å². The van der Waals surface area contributed by atoms with Crippen molar-refractivity contribution in [3.63, 3.8) is 0 Å². The van der Waals surface area contributed by atoms with Gasteiger partial charge < -0.3 is 0 Å². The SMILES string of the molecule is C=C(CCCn1ncc2c(F)cncc21)C(=O)N1N=CCC1c1cc(F)cc(F)c1. The van der Waals surface area contributed by atoms with Gasteiger partial charge >= 0.3 is 0 Å². The maximum atomic E-state index is 13.7. The van der Waals surface area contributed by atoms with Crippen LogP contribution >= 0.6 is 0 Å². The molecular formula is C21H18F3N5O. The number of fused-ring (bicyclic) bond motifs is 1. The first-order valence-electron chi connectivity index (χ1n) is 9.39. The van der Waals surface area contributed by atoms with Gasteiger partial charge in [-0.1, -0.05) is 6.58 Å². The Bertz CT molecular complexity index is 1140. The van der Waals surface area contributed by atoms with Crippen LogP contribution in [-0.4, -0.2) is 31.9 Å². The van der Waals surface area contributed by atoms with Crippen molar-refractivity contribution in [1.82, 2.24) is 19.8 Å². The molecular weight excluding hydrogens is 395 g/mol. The molecule has 6 nitrogen and oxygen atoms in total. The van der Waals surface area contributed by atoms with E-state index in [-0.39, 0.29) is 0 Å². The molecule has 1 unspecified atom stereocenters. The highest BCUT2D eigenvalue weighted by atomic mass is 19.1. The highest BCUT2D eigenvalue weighted by Gasteiger charge is 2.30. The molecule has 4 rings (SSSR count). The third kappa shape index (κ3) is 3.83. The molecule has 30 heavy (non-hydrogen) atoms. The van der Waals surface area contributed by atoms with Gasteiger partial charge in [0, 0.05) is 30.8 Å². The Kier molecular flexibility index (Phi) is 5.35. The fourth-order valence-corrected chi connectivity index (χ4v) is 3.50. The van der Waals surface area contributed by atoms with Gasteiger partial charge in [0.25, 0.3) is 5.91 Å².